The molecule has 3 nitrogen and oxygen atoms in total. The summed E-state index contributed by atoms with van der Waals surface area (Å²) >= 11 is 0. The highest BCUT2D eigenvalue weighted by Gasteiger charge is 2.07. The van der Waals surface area contributed by atoms with E-state index in [4.69, 9.17) is 0 Å². The summed E-state index contributed by atoms with van der Waals surface area (Å²) in [6.07, 6.45) is 12.1. The SMILES string of the molecule is CCCCCCCCc1ccc(-c2ncccn2)c(O)c1. The largest absolute Gasteiger partial charge is 0.507 e. The van der Waals surface area contributed by atoms with Gasteiger partial charge in [0, 0.05) is 12.4 Å². The normalized spacial score (nSPS) is 10.7. The summed E-state index contributed by atoms with van der Waals surface area (Å²) in [5.74, 6) is 0.839. The maximum atomic E-state index is 10.1. The van der Waals surface area contributed by atoms with Crippen molar-refractivity contribution in [2.75, 3.05) is 0 Å². The first-order chi connectivity index (χ1) is 10.3. The van der Waals surface area contributed by atoms with Crippen LogP contribution in [0.1, 0.15) is 51.0 Å². The molecule has 1 aromatic carbocycles. The highest BCUT2D eigenvalue weighted by molar-refractivity contribution is 5.63. The van der Waals surface area contributed by atoms with Gasteiger partial charge in [0.1, 0.15) is 5.75 Å². The predicted octanol–water partition coefficient (Wildman–Crippen LogP) is 4.75. The van der Waals surface area contributed by atoms with Crippen LogP contribution in [-0.4, -0.2) is 15.1 Å². The first kappa shape index (κ1) is 15.5. The lowest BCUT2D eigenvalue weighted by atomic mass is 10.0. The molecule has 0 bridgehead atoms. The van der Waals surface area contributed by atoms with Crippen LogP contribution in [0.2, 0.25) is 0 Å². The molecule has 0 atom stereocenters. The van der Waals surface area contributed by atoms with Crippen molar-refractivity contribution in [3.63, 3.8) is 0 Å². The first-order valence-electron chi connectivity index (χ1n) is 7.90. The molecule has 0 fully saturated rings. The second-order valence-electron chi connectivity index (χ2n) is 5.44. The van der Waals surface area contributed by atoms with E-state index in [0.717, 1.165) is 6.42 Å². The third-order valence-corrected chi connectivity index (χ3v) is 3.69. The molecule has 0 unspecified atom stereocenters. The van der Waals surface area contributed by atoms with E-state index in [1.54, 1.807) is 18.5 Å². The van der Waals surface area contributed by atoms with Gasteiger partial charge in [0.15, 0.2) is 5.82 Å². The molecule has 0 aliphatic heterocycles. The summed E-state index contributed by atoms with van der Waals surface area (Å²) in [6, 6.07) is 7.60. The fourth-order valence-electron chi connectivity index (χ4n) is 2.47. The number of aromatic nitrogens is 2. The minimum Gasteiger partial charge on any atom is -0.507 e. The van der Waals surface area contributed by atoms with Crippen molar-refractivity contribution < 1.29 is 5.11 Å². The number of phenolic OH excluding ortho intramolecular Hbond substituents is 1. The lowest BCUT2D eigenvalue weighted by molar-refractivity contribution is 0.476. The Morgan fingerprint density at radius 1 is 0.952 bits per heavy atom. The van der Waals surface area contributed by atoms with E-state index in [0.29, 0.717) is 11.4 Å². The Bertz CT molecular complexity index is 540. The van der Waals surface area contributed by atoms with Crippen molar-refractivity contribution in [2.45, 2.75) is 51.9 Å². The van der Waals surface area contributed by atoms with Gasteiger partial charge in [-0.1, -0.05) is 45.1 Å². The molecule has 0 saturated carbocycles. The summed E-state index contributed by atoms with van der Waals surface area (Å²) in [5, 5.41) is 10.1. The zero-order chi connectivity index (χ0) is 14.9. The van der Waals surface area contributed by atoms with Gasteiger partial charge in [-0.15, -0.1) is 0 Å². The second kappa shape index (κ2) is 8.40. The number of rotatable bonds is 8. The third kappa shape index (κ3) is 4.85. The van der Waals surface area contributed by atoms with E-state index in [1.165, 1.54) is 44.1 Å². The number of unbranched alkanes of at least 4 members (excludes halogenated alkanes) is 5. The molecule has 1 heterocycles. The molecule has 21 heavy (non-hydrogen) atoms. The van der Waals surface area contributed by atoms with Crippen LogP contribution in [0, 0.1) is 0 Å². The van der Waals surface area contributed by atoms with Crippen LogP contribution >= 0.6 is 0 Å². The van der Waals surface area contributed by atoms with Crippen molar-refractivity contribution in [1.29, 1.82) is 0 Å². The zero-order valence-corrected chi connectivity index (χ0v) is 12.8. The number of aromatic hydroxyl groups is 1. The summed E-state index contributed by atoms with van der Waals surface area (Å²) in [6.45, 7) is 2.24. The fraction of sp³-hybridized carbons (Fsp3) is 0.444. The summed E-state index contributed by atoms with van der Waals surface area (Å²) in [7, 11) is 0. The molecule has 0 radical (unpaired) electrons. The quantitative estimate of drug-likeness (QED) is 0.711. The monoisotopic (exact) mass is 284 g/mol. The smallest absolute Gasteiger partial charge is 0.162 e. The molecule has 0 aliphatic carbocycles. The van der Waals surface area contributed by atoms with Crippen LogP contribution in [-0.2, 0) is 6.42 Å². The van der Waals surface area contributed by atoms with Gasteiger partial charge in [0.05, 0.1) is 5.56 Å². The number of aryl methyl sites for hydroxylation is 1. The molecule has 0 amide bonds. The molecular formula is C18H24N2O. The van der Waals surface area contributed by atoms with Gasteiger partial charge in [-0.3, -0.25) is 0 Å². The molecule has 1 aromatic heterocycles. The molecule has 0 aliphatic rings. The Kier molecular flexibility index (Phi) is 6.20. The van der Waals surface area contributed by atoms with Gasteiger partial charge in [-0.2, -0.15) is 0 Å². The maximum absolute atomic E-state index is 10.1. The molecular weight excluding hydrogens is 260 g/mol. The third-order valence-electron chi connectivity index (χ3n) is 3.69. The highest BCUT2D eigenvalue weighted by Crippen LogP contribution is 2.27. The van der Waals surface area contributed by atoms with Gasteiger partial charge in [0.2, 0.25) is 0 Å². The first-order valence-corrected chi connectivity index (χ1v) is 7.90. The zero-order valence-electron chi connectivity index (χ0n) is 12.8. The van der Waals surface area contributed by atoms with E-state index in [2.05, 4.69) is 23.0 Å². The van der Waals surface area contributed by atoms with Crippen molar-refractivity contribution in [1.82, 2.24) is 9.97 Å². The lowest BCUT2D eigenvalue weighted by Crippen LogP contribution is -1.90. The van der Waals surface area contributed by atoms with Crippen molar-refractivity contribution in [3.05, 3.63) is 42.2 Å². The second-order valence-corrected chi connectivity index (χ2v) is 5.44. The molecule has 112 valence electrons. The van der Waals surface area contributed by atoms with Gasteiger partial charge in [-0.05, 0) is 36.6 Å². The molecule has 0 spiro atoms. The highest BCUT2D eigenvalue weighted by atomic mass is 16.3. The van der Waals surface area contributed by atoms with Crippen molar-refractivity contribution in [2.24, 2.45) is 0 Å². The predicted molar refractivity (Wildman–Crippen MR) is 86.2 cm³/mol. The molecule has 0 saturated heterocycles. The van der Waals surface area contributed by atoms with Crippen LogP contribution in [0.25, 0.3) is 11.4 Å². The molecule has 3 heteroatoms. The standard InChI is InChI=1S/C18H24N2O/c1-2-3-4-5-6-7-9-15-10-11-16(17(21)14-15)18-19-12-8-13-20-18/h8,10-14,21H,2-7,9H2,1H3. The number of benzene rings is 1. The van der Waals surface area contributed by atoms with Crippen LogP contribution in [0.15, 0.2) is 36.7 Å². The summed E-state index contributed by atoms with van der Waals surface area (Å²) in [4.78, 5) is 8.34. The van der Waals surface area contributed by atoms with E-state index >= 15 is 0 Å². The van der Waals surface area contributed by atoms with Crippen molar-refractivity contribution >= 4 is 0 Å². The Morgan fingerprint density at radius 3 is 2.38 bits per heavy atom. The van der Waals surface area contributed by atoms with Crippen LogP contribution in [0.5, 0.6) is 5.75 Å². The average Bonchev–Trinajstić information content (AvgIpc) is 2.52. The number of nitrogens with zero attached hydrogens (tertiary/aromatic N) is 2. The fourth-order valence-corrected chi connectivity index (χ4v) is 2.47. The van der Waals surface area contributed by atoms with Crippen LogP contribution < -0.4 is 0 Å². The van der Waals surface area contributed by atoms with Crippen LogP contribution in [0.3, 0.4) is 0 Å². The Balaban J connectivity index is 1.88. The van der Waals surface area contributed by atoms with Gasteiger partial charge in [0.25, 0.3) is 0 Å². The van der Waals surface area contributed by atoms with E-state index in [-0.39, 0.29) is 5.75 Å². The summed E-state index contributed by atoms with van der Waals surface area (Å²) in [5.41, 5.74) is 1.88. The topological polar surface area (TPSA) is 46.0 Å². The van der Waals surface area contributed by atoms with E-state index in [1.807, 2.05) is 12.1 Å². The maximum Gasteiger partial charge on any atom is 0.162 e. The molecule has 2 rings (SSSR count). The molecule has 2 aromatic rings. The molecule has 1 N–H and O–H groups in total. The van der Waals surface area contributed by atoms with Gasteiger partial charge < -0.3 is 5.11 Å². The van der Waals surface area contributed by atoms with Gasteiger partial charge in [-0.25, -0.2) is 9.97 Å². The van der Waals surface area contributed by atoms with E-state index < -0.39 is 0 Å². The number of phenols is 1. The Labute approximate surface area is 127 Å². The Hall–Kier alpha value is -1.90. The number of hydrogen-bond acceptors (Lipinski definition) is 3. The average molecular weight is 284 g/mol. The van der Waals surface area contributed by atoms with Crippen LogP contribution in [0.4, 0.5) is 0 Å². The van der Waals surface area contributed by atoms with Crippen molar-refractivity contribution in [3.8, 4) is 17.1 Å². The minimum atomic E-state index is 0.268. The summed E-state index contributed by atoms with van der Waals surface area (Å²) < 4.78 is 0. The lowest BCUT2D eigenvalue weighted by Gasteiger charge is -2.06. The Morgan fingerprint density at radius 2 is 1.67 bits per heavy atom. The van der Waals surface area contributed by atoms with E-state index in [9.17, 15) is 5.11 Å². The van der Waals surface area contributed by atoms with Gasteiger partial charge >= 0.3 is 0 Å². The minimum absolute atomic E-state index is 0.268. The number of hydrogen-bond donors (Lipinski definition) is 1.